The summed E-state index contributed by atoms with van der Waals surface area (Å²) in [6.45, 7) is 1.95. The van der Waals surface area contributed by atoms with Gasteiger partial charge in [0.1, 0.15) is 5.82 Å². The maximum atomic E-state index is 12.9. The molecule has 20 heavy (non-hydrogen) atoms. The third kappa shape index (κ3) is 3.92. The highest BCUT2D eigenvalue weighted by molar-refractivity contribution is 7.80. The molecule has 1 atom stereocenters. The number of hydrogen-bond acceptors (Lipinski definition) is 1. The molecule has 0 aliphatic heterocycles. The molecule has 0 radical (unpaired) electrons. The molecule has 0 fully saturated rings. The Bertz CT molecular complexity index is 601. The number of thiocarbonyl (C=S) groups is 1. The Morgan fingerprint density at radius 3 is 2.45 bits per heavy atom. The number of benzene rings is 2. The summed E-state index contributed by atoms with van der Waals surface area (Å²) in [6.07, 6.45) is 0. The standard InChI is InChI=1S/C15H14ClFN2S/c1-10(11-6-8-12(17)9-7-11)18-15(20)19-14-5-3-2-4-13(14)16/h2-10H,1H3,(H2,18,19,20)/t10-/m0/s1. The fourth-order valence-electron chi connectivity index (χ4n) is 1.75. The molecular weight excluding hydrogens is 295 g/mol. The lowest BCUT2D eigenvalue weighted by Gasteiger charge is -2.17. The molecule has 2 aromatic carbocycles. The van der Waals surface area contributed by atoms with E-state index in [1.807, 2.05) is 25.1 Å². The Morgan fingerprint density at radius 1 is 1.15 bits per heavy atom. The van der Waals surface area contributed by atoms with Crippen LogP contribution in [0.25, 0.3) is 0 Å². The number of anilines is 1. The second kappa shape index (κ2) is 6.68. The molecule has 104 valence electrons. The monoisotopic (exact) mass is 308 g/mol. The van der Waals surface area contributed by atoms with Crippen molar-refractivity contribution < 1.29 is 4.39 Å². The number of hydrogen-bond donors (Lipinski definition) is 2. The molecule has 0 amide bonds. The van der Waals surface area contributed by atoms with Gasteiger partial charge in [-0.3, -0.25) is 0 Å². The zero-order chi connectivity index (χ0) is 14.5. The zero-order valence-electron chi connectivity index (χ0n) is 10.9. The van der Waals surface area contributed by atoms with Crippen molar-refractivity contribution in [3.8, 4) is 0 Å². The van der Waals surface area contributed by atoms with E-state index in [2.05, 4.69) is 10.6 Å². The first kappa shape index (κ1) is 14.8. The Morgan fingerprint density at radius 2 is 1.80 bits per heavy atom. The predicted octanol–water partition coefficient (Wildman–Crippen LogP) is 4.53. The second-order valence-electron chi connectivity index (χ2n) is 4.35. The Hall–Kier alpha value is -1.65. The first-order chi connectivity index (χ1) is 9.56. The van der Waals surface area contributed by atoms with Crippen molar-refractivity contribution in [1.82, 2.24) is 5.32 Å². The number of nitrogens with one attached hydrogen (secondary N) is 2. The van der Waals surface area contributed by atoms with Gasteiger partial charge < -0.3 is 10.6 Å². The van der Waals surface area contributed by atoms with Crippen molar-refractivity contribution >= 4 is 34.6 Å². The van der Waals surface area contributed by atoms with E-state index in [1.54, 1.807) is 18.2 Å². The van der Waals surface area contributed by atoms with Crippen molar-refractivity contribution in [1.29, 1.82) is 0 Å². The summed E-state index contributed by atoms with van der Waals surface area (Å²) in [5.74, 6) is -0.252. The van der Waals surface area contributed by atoms with E-state index >= 15 is 0 Å². The topological polar surface area (TPSA) is 24.1 Å². The molecule has 0 aliphatic rings. The van der Waals surface area contributed by atoms with E-state index in [0.717, 1.165) is 11.3 Å². The van der Waals surface area contributed by atoms with Crippen LogP contribution in [0.5, 0.6) is 0 Å². The van der Waals surface area contributed by atoms with Crippen LogP contribution in [0.3, 0.4) is 0 Å². The largest absolute Gasteiger partial charge is 0.356 e. The Labute approximate surface area is 128 Å². The maximum Gasteiger partial charge on any atom is 0.171 e. The lowest BCUT2D eigenvalue weighted by molar-refractivity contribution is 0.624. The molecule has 0 aliphatic carbocycles. The quantitative estimate of drug-likeness (QED) is 0.815. The highest BCUT2D eigenvalue weighted by Crippen LogP contribution is 2.20. The summed E-state index contributed by atoms with van der Waals surface area (Å²) in [4.78, 5) is 0. The predicted molar refractivity (Wildman–Crippen MR) is 85.6 cm³/mol. The van der Waals surface area contributed by atoms with Crippen LogP contribution in [0.2, 0.25) is 5.02 Å². The minimum absolute atomic E-state index is 0.0295. The van der Waals surface area contributed by atoms with Gasteiger partial charge in [-0.1, -0.05) is 35.9 Å². The van der Waals surface area contributed by atoms with Crippen LogP contribution < -0.4 is 10.6 Å². The van der Waals surface area contributed by atoms with E-state index in [9.17, 15) is 4.39 Å². The molecule has 0 unspecified atom stereocenters. The van der Waals surface area contributed by atoms with Crippen molar-refractivity contribution in [2.75, 3.05) is 5.32 Å². The highest BCUT2D eigenvalue weighted by Gasteiger charge is 2.08. The summed E-state index contributed by atoms with van der Waals surface area (Å²) in [7, 11) is 0. The molecule has 2 N–H and O–H groups in total. The minimum Gasteiger partial charge on any atom is -0.356 e. The van der Waals surface area contributed by atoms with Crippen LogP contribution in [0.15, 0.2) is 48.5 Å². The van der Waals surface area contributed by atoms with E-state index in [0.29, 0.717) is 10.1 Å². The van der Waals surface area contributed by atoms with Crippen LogP contribution in [0, 0.1) is 5.82 Å². The van der Waals surface area contributed by atoms with E-state index < -0.39 is 0 Å². The minimum atomic E-state index is -0.252. The third-order valence-corrected chi connectivity index (χ3v) is 3.39. The van der Waals surface area contributed by atoms with Crippen LogP contribution in [0.1, 0.15) is 18.5 Å². The third-order valence-electron chi connectivity index (χ3n) is 2.84. The Balaban J connectivity index is 1.98. The number of halogens is 2. The van der Waals surface area contributed by atoms with Crippen LogP contribution >= 0.6 is 23.8 Å². The number of para-hydroxylation sites is 1. The normalized spacial score (nSPS) is 11.8. The van der Waals surface area contributed by atoms with Crippen LogP contribution in [0.4, 0.5) is 10.1 Å². The van der Waals surface area contributed by atoms with Gasteiger partial charge in [0.2, 0.25) is 0 Å². The lowest BCUT2D eigenvalue weighted by atomic mass is 10.1. The van der Waals surface area contributed by atoms with Gasteiger partial charge in [0.25, 0.3) is 0 Å². The van der Waals surface area contributed by atoms with Gasteiger partial charge in [0, 0.05) is 0 Å². The molecular formula is C15H14ClFN2S. The van der Waals surface area contributed by atoms with Gasteiger partial charge in [0.15, 0.2) is 5.11 Å². The lowest BCUT2D eigenvalue weighted by Crippen LogP contribution is -2.30. The summed E-state index contributed by atoms with van der Waals surface area (Å²) in [6, 6.07) is 13.6. The fraction of sp³-hybridized carbons (Fsp3) is 0.133. The highest BCUT2D eigenvalue weighted by atomic mass is 35.5. The summed E-state index contributed by atoms with van der Waals surface area (Å²) < 4.78 is 12.9. The van der Waals surface area contributed by atoms with E-state index in [1.165, 1.54) is 12.1 Å². The SMILES string of the molecule is C[C@H](NC(=S)Nc1ccccc1Cl)c1ccc(F)cc1. The molecule has 0 saturated heterocycles. The molecule has 0 bridgehead atoms. The molecule has 0 heterocycles. The average Bonchev–Trinajstić information content (AvgIpc) is 2.42. The van der Waals surface area contributed by atoms with Gasteiger partial charge >= 0.3 is 0 Å². The van der Waals surface area contributed by atoms with Crippen molar-refractivity contribution in [3.05, 3.63) is 64.9 Å². The van der Waals surface area contributed by atoms with Crippen molar-refractivity contribution in [3.63, 3.8) is 0 Å². The van der Waals surface area contributed by atoms with Crippen molar-refractivity contribution in [2.45, 2.75) is 13.0 Å². The van der Waals surface area contributed by atoms with Gasteiger partial charge in [-0.2, -0.15) is 0 Å². The maximum absolute atomic E-state index is 12.9. The van der Waals surface area contributed by atoms with Crippen LogP contribution in [-0.4, -0.2) is 5.11 Å². The molecule has 0 saturated carbocycles. The zero-order valence-corrected chi connectivity index (χ0v) is 12.4. The molecule has 2 rings (SSSR count). The van der Waals surface area contributed by atoms with Gasteiger partial charge in [-0.05, 0) is 49.0 Å². The number of rotatable bonds is 3. The fourth-order valence-corrected chi connectivity index (χ4v) is 2.22. The molecule has 2 nitrogen and oxygen atoms in total. The average molecular weight is 309 g/mol. The van der Waals surface area contributed by atoms with Crippen LogP contribution in [-0.2, 0) is 0 Å². The molecule has 0 spiro atoms. The van der Waals surface area contributed by atoms with Gasteiger partial charge in [-0.25, -0.2) is 4.39 Å². The second-order valence-corrected chi connectivity index (χ2v) is 5.17. The summed E-state index contributed by atoms with van der Waals surface area (Å²) in [5, 5.41) is 7.24. The van der Waals surface area contributed by atoms with E-state index in [4.69, 9.17) is 23.8 Å². The first-order valence-electron chi connectivity index (χ1n) is 6.14. The Kier molecular flexibility index (Phi) is 4.93. The van der Waals surface area contributed by atoms with Gasteiger partial charge in [0.05, 0.1) is 16.8 Å². The van der Waals surface area contributed by atoms with Crippen molar-refractivity contribution in [2.24, 2.45) is 0 Å². The molecule has 5 heteroatoms. The molecule has 0 aromatic heterocycles. The molecule has 2 aromatic rings. The first-order valence-corrected chi connectivity index (χ1v) is 6.92. The summed E-state index contributed by atoms with van der Waals surface area (Å²) >= 11 is 11.3. The van der Waals surface area contributed by atoms with E-state index in [-0.39, 0.29) is 11.9 Å². The summed E-state index contributed by atoms with van der Waals surface area (Å²) in [5.41, 5.74) is 1.70. The smallest absolute Gasteiger partial charge is 0.171 e. The van der Waals surface area contributed by atoms with Gasteiger partial charge in [-0.15, -0.1) is 0 Å².